The number of benzene rings is 5. The zero-order valence-corrected chi connectivity index (χ0v) is 22.2. The van der Waals surface area contributed by atoms with E-state index in [1.54, 1.807) is 0 Å². The Hall–Kier alpha value is -3.58. The summed E-state index contributed by atoms with van der Waals surface area (Å²) in [5.74, 6) is 0.781. The van der Waals surface area contributed by atoms with Crippen LogP contribution >= 0.6 is 0 Å². The molecular formula is C36H35N. The van der Waals surface area contributed by atoms with Crippen molar-refractivity contribution in [3.63, 3.8) is 0 Å². The standard InChI is InChI=1S/C36H35N/c1-4-25-20-21-36(3)35(2,24-25)32-23-28(18-19-33(32)37(36)29-14-6-5-7-15-29)34-30-16-10-8-12-26(30)22-27-13-9-11-17-31(27)34/h5-19,22-23,25H,4,20-21,24H2,1-3H3. The quantitative estimate of drug-likeness (QED) is 0.232. The number of anilines is 2. The Morgan fingerprint density at radius 1 is 0.757 bits per heavy atom. The van der Waals surface area contributed by atoms with E-state index in [-0.39, 0.29) is 11.0 Å². The van der Waals surface area contributed by atoms with Crippen molar-refractivity contribution in [1.82, 2.24) is 0 Å². The molecule has 5 aromatic rings. The van der Waals surface area contributed by atoms with E-state index in [0.29, 0.717) is 0 Å². The summed E-state index contributed by atoms with van der Waals surface area (Å²) in [5.41, 5.74) is 7.07. The zero-order valence-electron chi connectivity index (χ0n) is 22.2. The number of hydrogen-bond donors (Lipinski definition) is 0. The first kappa shape index (κ1) is 22.6. The molecule has 37 heavy (non-hydrogen) atoms. The maximum Gasteiger partial charge on any atom is 0.0518 e. The Kier molecular flexibility index (Phi) is 5.02. The van der Waals surface area contributed by atoms with E-state index in [1.165, 1.54) is 75.3 Å². The van der Waals surface area contributed by atoms with Crippen molar-refractivity contribution >= 4 is 32.9 Å². The average molecular weight is 482 g/mol. The Bertz CT molecular complexity index is 1580. The van der Waals surface area contributed by atoms with Gasteiger partial charge in [-0.15, -0.1) is 0 Å². The summed E-state index contributed by atoms with van der Waals surface area (Å²) >= 11 is 0. The molecule has 1 heteroatoms. The van der Waals surface area contributed by atoms with Crippen LogP contribution in [0, 0.1) is 5.92 Å². The molecule has 0 saturated heterocycles. The second-order valence-electron chi connectivity index (χ2n) is 11.7. The van der Waals surface area contributed by atoms with Crippen LogP contribution in [0.3, 0.4) is 0 Å². The van der Waals surface area contributed by atoms with Crippen molar-refractivity contribution in [2.24, 2.45) is 5.92 Å². The molecule has 0 bridgehead atoms. The molecule has 0 spiro atoms. The molecule has 7 rings (SSSR count). The number of rotatable bonds is 3. The lowest BCUT2D eigenvalue weighted by Gasteiger charge is -2.52. The minimum Gasteiger partial charge on any atom is -0.334 e. The molecule has 2 aliphatic rings. The third kappa shape index (κ3) is 3.16. The van der Waals surface area contributed by atoms with Gasteiger partial charge in [0.2, 0.25) is 0 Å². The SMILES string of the molecule is CCC1CCC2(C)N(c3ccccc3)c3ccc(-c4c5ccccc5cc5ccccc45)cc3C2(C)C1. The number of para-hydroxylation sites is 1. The lowest BCUT2D eigenvalue weighted by molar-refractivity contribution is 0.143. The Labute approximate surface area is 220 Å². The Morgan fingerprint density at radius 2 is 1.41 bits per heavy atom. The molecule has 1 heterocycles. The molecule has 5 aromatic carbocycles. The van der Waals surface area contributed by atoms with Gasteiger partial charge in [0, 0.05) is 16.8 Å². The summed E-state index contributed by atoms with van der Waals surface area (Å²) in [5, 5.41) is 5.29. The van der Waals surface area contributed by atoms with Gasteiger partial charge in [0.05, 0.1) is 5.54 Å². The van der Waals surface area contributed by atoms with Crippen LogP contribution < -0.4 is 4.90 Å². The Balaban J connectivity index is 1.51. The van der Waals surface area contributed by atoms with Gasteiger partial charge in [-0.1, -0.05) is 93.1 Å². The van der Waals surface area contributed by atoms with Crippen LogP contribution in [0.5, 0.6) is 0 Å². The molecule has 0 aromatic heterocycles. The average Bonchev–Trinajstić information content (AvgIpc) is 3.14. The topological polar surface area (TPSA) is 3.24 Å². The minimum absolute atomic E-state index is 0.0573. The molecule has 3 unspecified atom stereocenters. The van der Waals surface area contributed by atoms with Crippen molar-refractivity contribution in [2.45, 2.75) is 57.4 Å². The van der Waals surface area contributed by atoms with Gasteiger partial charge in [0.15, 0.2) is 0 Å². The van der Waals surface area contributed by atoms with Crippen LogP contribution in [0.2, 0.25) is 0 Å². The number of hydrogen-bond acceptors (Lipinski definition) is 1. The minimum atomic E-state index is 0.0573. The zero-order chi connectivity index (χ0) is 25.2. The third-order valence-corrected chi connectivity index (χ3v) is 9.90. The lowest BCUT2D eigenvalue weighted by atomic mass is 9.58. The third-order valence-electron chi connectivity index (χ3n) is 9.90. The molecule has 1 saturated carbocycles. The molecule has 1 aliphatic heterocycles. The van der Waals surface area contributed by atoms with Gasteiger partial charge >= 0.3 is 0 Å². The fourth-order valence-corrected chi connectivity index (χ4v) is 7.69. The van der Waals surface area contributed by atoms with Crippen molar-refractivity contribution in [3.8, 4) is 11.1 Å². The number of nitrogens with zero attached hydrogens (tertiary/aromatic N) is 1. The molecule has 1 fully saturated rings. The van der Waals surface area contributed by atoms with Crippen LogP contribution in [0.25, 0.3) is 32.7 Å². The van der Waals surface area contributed by atoms with E-state index in [0.717, 1.165) is 5.92 Å². The monoisotopic (exact) mass is 481 g/mol. The molecule has 0 amide bonds. The van der Waals surface area contributed by atoms with E-state index in [2.05, 4.69) is 129 Å². The maximum atomic E-state index is 2.68. The van der Waals surface area contributed by atoms with Gasteiger partial charge in [-0.05, 0) is 101 Å². The molecule has 1 aliphatic carbocycles. The largest absolute Gasteiger partial charge is 0.334 e. The van der Waals surface area contributed by atoms with Crippen LogP contribution in [0.15, 0.2) is 103 Å². The van der Waals surface area contributed by atoms with Crippen LogP contribution in [-0.4, -0.2) is 5.54 Å². The van der Waals surface area contributed by atoms with E-state index in [9.17, 15) is 0 Å². The highest BCUT2D eigenvalue weighted by Gasteiger charge is 2.59. The highest BCUT2D eigenvalue weighted by atomic mass is 15.3. The molecule has 184 valence electrons. The molecular weight excluding hydrogens is 446 g/mol. The van der Waals surface area contributed by atoms with Gasteiger partial charge in [-0.25, -0.2) is 0 Å². The normalized spacial score (nSPS) is 24.8. The smallest absolute Gasteiger partial charge is 0.0518 e. The first-order chi connectivity index (χ1) is 18.0. The summed E-state index contributed by atoms with van der Waals surface area (Å²) in [7, 11) is 0. The van der Waals surface area contributed by atoms with Crippen LogP contribution in [0.4, 0.5) is 11.4 Å². The summed E-state index contributed by atoms with van der Waals surface area (Å²) in [6, 6.07) is 38.5. The van der Waals surface area contributed by atoms with Crippen molar-refractivity contribution < 1.29 is 0 Å². The summed E-state index contributed by atoms with van der Waals surface area (Å²) in [4.78, 5) is 2.68. The fraction of sp³-hybridized carbons (Fsp3) is 0.278. The molecule has 1 nitrogen and oxygen atoms in total. The summed E-state index contributed by atoms with van der Waals surface area (Å²) < 4.78 is 0. The Morgan fingerprint density at radius 3 is 2.08 bits per heavy atom. The van der Waals surface area contributed by atoms with E-state index >= 15 is 0 Å². The first-order valence-corrected chi connectivity index (χ1v) is 13.9. The summed E-state index contributed by atoms with van der Waals surface area (Å²) in [6.45, 7) is 7.46. The molecule has 0 radical (unpaired) electrons. The first-order valence-electron chi connectivity index (χ1n) is 13.9. The van der Waals surface area contributed by atoms with Crippen LogP contribution in [0.1, 0.15) is 52.0 Å². The van der Waals surface area contributed by atoms with Gasteiger partial charge in [-0.3, -0.25) is 0 Å². The molecule has 3 atom stereocenters. The highest BCUT2D eigenvalue weighted by molar-refractivity contribution is 6.12. The summed E-state index contributed by atoms with van der Waals surface area (Å²) in [6.07, 6.45) is 5.04. The predicted octanol–water partition coefficient (Wildman–Crippen LogP) is 10.0. The van der Waals surface area contributed by atoms with Crippen molar-refractivity contribution in [3.05, 3.63) is 109 Å². The van der Waals surface area contributed by atoms with E-state index < -0.39 is 0 Å². The van der Waals surface area contributed by atoms with Gasteiger partial charge < -0.3 is 4.90 Å². The number of fused-ring (bicyclic) bond motifs is 5. The van der Waals surface area contributed by atoms with Crippen LogP contribution in [-0.2, 0) is 5.41 Å². The van der Waals surface area contributed by atoms with Gasteiger partial charge in [0.1, 0.15) is 0 Å². The van der Waals surface area contributed by atoms with Crippen molar-refractivity contribution in [1.29, 1.82) is 0 Å². The second-order valence-corrected chi connectivity index (χ2v) is 11.7. The van der Waals surface area contributed by atoms with Crippen molar-refractivity contribution in [2.75, 3.05) is 4.90 Å². The van der Waals surface area contributed by atoms with Gasteiger partial charge in [0.25, 0.3) is 0 Å². The fourth-order valence-electron chi connectivity index (χ4n) is 7.69. The lowest BCUT2D eigenvalue weighted by Crippen LogP contribution is -2.56. The van der Waals surface area contributed by atoms with E-state index in [1.807, 2.05) is 0 Å². The molecule has 0 N–H and O–H groups in total. The maximum absolute atomic E-state index is 2.68. The van der Waals surface area contributed by atoms with Gasteiger partial charge in [-0.2, -0.15) is 0 Å². The van der Waals surface area contributed by atoms with E-state index in [4.69, 9.17) is 0 Å². The highest BCUT2D eigenvalue weighted by Crippen LogP contribution is 2.62. The predicted molar refractivity (Wildman–Crippen MR) is 159 cm³/mol. The second kappa shape index (κ2) is 8.21.